The van der Waals surface area contributed by atoms with E-state index in [1.807, 2.05) is 60.6 Å². The minimum Gasteiger partial charge on any atom is -0.543 e. The summed E-state index contributed by atoms with van der Waals surface area (Å²) in [5.41, 5.74) is 5.21. The highest BCUT2D eigenvalue weighted by molar-refractivity contribution is 7.93. The van der Waals surface area contributed by atoms with Crippen LogP contribution in [0.3, 0.4) is 0 Å². The molecule has 1 aliphatic carbocycles. The number of sulfonamides is 1. The molecule has 190 valence electrons. The smallest absolute Gasteiger partial charge is 0.250 e. The third-order valence-electron chi connectivity index (χ3n) is 7.17. The minimum atomic E-state index is -3.41. The maximum absolute atomic E-state index is 12.7. The number of hydrogen-bond acceptors (Lipinski definition) is 5. The van der Waals surface area contributed by atoms with E-state index in [0.717, 1.165) is 27.8 Å². The summed E-state index contributed by atoms with van der Waals surface area (Å²) in [5.74, 6) is 0.666. The molecule has 3 heterocycles. The second-order valence-corrected chi connectivity index (χ2v) is 17.8. The van der Waals surface area contributed by atoms with Gasteiger partial charge >= 0.3 is 0 Å². The van der Waals surface area contributed by atoms with E-state index in [9.17, 15) is 8.42 Å². The molecule has 0 atom stereocenters. The fourth-order valence-electron chi connectivity index (χ4n) is 3.89. The lowest BCUT2D eigenvalue weighted by molar-refractivity contribution is 0.492. The Balaban J connectivity index is 1.57. The van der Waals surface area contributed by atoms with Crippen molar-refractivity contribution in [1.29, 1.82) is 0 Å². The lowest BCUT2D eigenvalue weighted by Gasteiger charge is -2.36. The molecule has 1 saturated carbocycles. The first kappa shape index (κ1) is 24.6. The summed E-state index contributed by atoms with van der Waals surface area (Å²) in [6.07, 6.45) is 8.98. The molecule has 0 amide bonds. The van der Waals surface area contributed by atoms with Crippen molar-refractivity contribution in [2.24, 2.45) is 7.05 Å². The van der Waals surface area contributed by atoms with E-state index in [-0.39, 0.29) is 10.3 Å². The van der Waals surface area contributed by atoms with Gasteiger partial charge in [-0.05, 0) is 54.7 Å². The van der Waals surface area contributed by atoms with E-state index in [2.05, 4.69) is 48.8 Å². The van der Waals surface area contributed by atoms with Crippen LogP contribution < -0.4 is 9.15 Å². The first-order chi connectivity index (χ1) is 16.8. The second-order valence-electron chi connectivity index (χ2n) is 11.2. The zero-order valence-electron chi connectivity index (χ0n) is 21.6. The number of benzene rings is 1. The van der Waals surface area contributed by atoms with Gasteiger partial charge in [0.15, 0.2) is 0 Å². The average Bonchev–Trinajstić information content (AvgIpc) is 3.43. The fourth-order valence-corrected chi connectivity index (χ4v) is 6.28. The van der Waals surface area contributed by atoms with Crippen LogP contribution in [0.15, 0.2) is 55.1 Å². The monoisotopic (exact) mass is 523 g/mol. The predicted molar refractivity (Wildman–Crippen MR) is 146 cm³/mol. The predicted octanol–water partition coefficient (Wildman–Crippen LogP) is 5.69. The highest BCUT2D eigenvalue weighted by atomic mass is 32.2. The molecule has 1 fully saturated rings. The van der Waals surface area contributed by atoms with Crippen molar-refractivity contribution < 1.29 is 12.8 Å². The fraction of sp³-hybridized carbons (Fsp3) is 0.385. The first-order valence-corrected chi connectivity index (χ1v) is 16.6. The molecule has 3 aromatic heterocycles. The molecule has 0 saturated heterocycles. The Morgan fingerprint density at radius 3 is 2.39 bits per heavy atom. The number of pyridine rings is 1. The zero-order chi connectivity index (χ0) is 25.9. The maximum Gasteiger partial charge on any atom is 0.250 e. The summed E-state index contributed by atoms with van der Waals surface area (Å²) in [7, 11) is -3.67. The van der Waals surface area contributed by atoms with Crippen molar-refractivity contribution in [2.45, 2.75) is 57.0 Å². The molecule has 0 unspecified atom stereocenters. The molecule has 1 aliphatic rings. The molecule has 5 rings (SSSR count). The van der Waals surface area contributed by atoms with Gasteiger partial charge in [0, 0.05) is 42.2 Å². The highest BCUT2D eigenvalue weighted by Gasteiger charge is 2.39. The van der Waals surface area contributed by atoms with Crippen LogP contribution in [0.4, 0.5) is 5.69 Å². The van der Waals surface area contributed by atoms with Gasteiger partial charge in [-0.3, -0.25) is 9.40 Å². The number of rotatable bonds is 7. The second kappa shape index (κ2) is 8.48. The van der Waals surface area contributed by atoms with E-state index in [1.54, 1.807) is 10.7 Å². The Bertz CT molecular complexity index is 1550. The van der Waals surface area contributed by atoms with Crippen LogP contribution in [-0.4, -0.2) is 41.4 Å². The standard InChI is InChI=1S/C26H33N5O3SSi/c1-26(2,3)36(5,6)34-22-12-19(11-21(13-22)29-35(32,33)23-8-9-23)24-15-28-31-17-18(7-10-25(24)31)20-14-27-30(4)16-20/h7,10-17,23,29H,8-9H2,1-6H3. The molecular formula is C26H33N5O3SSi. The van der Waals surface area contributed by atoms with Crippen molar-refractivity contribution in [3.8, 4) is 28.0 Å². The lowest BCUT2D eigenvalue weighted by atomic mass is 10.1. The molecule has 1 N–H and O–H groups in total. The van der Waals surface area contributed by atoms with Crippen LogP contribution >= 0.6 is 0 Å². The molecule has 0 spiro atoms. The van der Waals surface area contributed by atoms with Crippen LogP contribution in [0, 0.1) is 0 Å². The normalized spacial score (nSPS) is 14.8. The minimum absolute atomic E-state index is 0.00376. The summed E-state index contributed by atoms with van der Waals surface area (Å²) in [4.78, 5) is 0. The van der Waals surface area contributed by atoms with Gasteiger partial charge < -0.3 is 4.43 Å². The van der Waals surface area contributed by atoms with Gasteiger partial charge in [-0.15, -0.1) is 0 Å². The van der Waals surface area contributed by atoms with Crippen LogP contribution in [-0.2, 0) is 17.1 Å². The van der Waals surface area contributed by atoms with Gasteiger partial charge in [0.05, 0.1) is 28.8 Å². The van der Waals surface area contributed by atoms with Crippen LogP contribution in [0.1, 0.15) is 33.6 Å². The Morgan fingerprint density at radius 2 is 1.75 bits per heavy atom. The number of fused-ring (bicyclic) bond motifs is 1. The molecular weight excluding hydrogens is 490 g/mol. The van der Waals surface area contributed by atoms with E-state index >= 15 is 0 Å². The van der Waals surface area contributed by atoms with Gasteiger partial charge in [0.1, 0.15) is 5.75 Å². The molecule has 8 nitrogen and oxygen atoms in total. The SMILES string of the molecule is Cn1cc(-c2ccc3c(-c4cc(NS(=O)(=O)C5CC5)cc(O[Si](C)(C)C(C)(C)C)c4)cnn3c2)cn1. The van der Waals surface area contributed by atoms with Crippen molar-refractivity contribution in [3.63, 3.8) is 0 Å². The van der Waals surface area contributed by atoms with E-state index < -0.39 is 18.3 Å². The van der Waals surface area contributed by atoms with Crippen molar-refractivity contribution in [3.05, 3.63) is 55.1 Å². The molecule has 4 aromatic rings. The van der Waals surface area contributed by atoms with Crippen LogP contribution in [0.5, 0.6) is 5.75 Å². The highest BCUT2D eigenvalue weighted by Crippen LogP contribution is 2.40. The van der Waals surface area contributed by atoms with Crippen molar-refractivity contribution in [2.75, 3.05) is 4.72 Å². The summed E-state index contributed by atoms with van der Waals surface area (Å²) >= 11 is 0. The molecule has 0 aliphatic heterocycles. The van der Waals surface area contributed by atoms with Gasteiger partial charge in [-0.25, -0.2) is 12.9 Å². The Morgan fingerprint density at radius 1 is 1.00 bits per heavy atom. The van der Waals surface area contributed by atoms with Crippen LogP contribution in [0.2, 0.25) is 18.1 Å². The lowest BCUT2D eigenvalue weighted by Crippen LogP contribution is -2.43. The van der Waals surface area contributed by atoms with Gasteiger partial charge in [0.25, 0.3) is 0 Å². The Labute approximate surface area is 213 Å². The van der Waals surface area contributed by atoms with E-state index in [1.165, 1.54) is 0 Å². The number of aromatic nitrogens is 4. The van der Waals surface area contributed by atoms with Gasteiger partial charge in [0.2, 0.25) is 18.3 Å². The van der Waals surface area contributed by atoms with Gasteiger partial charge in [-0.2, -0.15) is 10.2 Å². The van der Waals surface area contributed by atoms with Gasteiger partial charge in [-0.1, -0.05) is 26.8 Å². The summed E-state index contributed by atoms with van der Waals surface area (Å²) in [5, 5.41) is 8.54. The largest absolute Gasteiger partial charge is 0.543 e. The van der Waals surface area contributed by atoms with Crippen molar-refractivity contribution >= 4 is 29.5 Å². The molecule has 1 aromatic carbocycles. The number of nitrogens with zero attached hydrogens (tertiary/aromatic N) is 4. The van der Waals surface area contributed by atoms with Crippen LogP contribution in [0.25, 0.3) is 27.8 Å². The average molecular weight is 524 g/mol. The number of anilines is 1. The zero-order valence-corrected chi connectivity index (χ0v) is 23.4. The third-order valence-corrected chi connectivity index (χ3v) is 13.4. The molecule has 10 heteroatoms. The number of aryl methyl sites for hydroxylation is 1. The maximum atomic E-state index is 12.7. The summed E-state index contributed by atoms with van der Waals surface area (Å²) in [6.45, 7) is 10.9. The number of hydrogen-bond donors (Lipinski definition) is 1. The molecule has 0 radical (unpaired) electrons. The quantitative estimate of drug-likeness (QED) is 0.314. The number of nitrogens with one attached hydrogen (secondary N) is 1. The summed E-state index contributed by atoms with van der Waals surface area (Å²) in [6, 6.07) is 9.73. The molecule has 0 bridgehead atoms. The topological polar surface area (TPSA) is 90.5 Å². The Kier molecular flexibility index (Phi) is 5.79. The van der Waals surface area contributed by atoms with E-state index in [0.29, 0.717) is 24.3 Å². The van der Waals surface area contributed by atoms with Crippen molar-refractivity contribution in [1.82, 2.24) is 19.4 Å². The molecule has 36 heavy (non-hydrogen) atoms. The first-order valence-electron chi connectivity index (χ1n) is 12.1. The third kappa shape index (κ3) is 4.79. The Hall–Kier alpha value is -3.11. The van der Waals surface area contributed by atoms with E-state index in [4.69, 9.17) is 4.43 Å². The summed E-state index contributed by atoms with van der Waals surface area (Å²) < 4.78 is 38.5.